The van der Waals surface area contributed by atoms with E-state index in [9.17, 15) is 4.79 Å². The molecule has 0 spiro atoms. The first-order chi connectivity index (χ1) is 16.6. The standard InChI is InChI=1S/C24H27N7O2S/c1-30(2)9-8-25-21(32)7-6-16-14-20-22(34-16)24(31-10-12-33-13-11-31)28-23(27-20)17-4-3-5-19-18(17)15-26-29-19/h3-7,14-15H,8-13H2,1-2H3,(H,25,32)(H,26,29)/b7-6+. The number of nitrogens with zero attached hydrogens (tertiary/aromatic N) is 5. The van der Waals surface area contributed by atoms with E-state index in [1.807, 2.05) is 55.5 Å². The summed E-state index contributed by atoms with van der Waals surface area (Å²) in [6.45, 7) is 4.30. The van der Waals surface area contributed by atoms with E-state index in [2.05, 4.69) is 20.4 Å². The molecule has 10 heteroatoms. The maximum Gasteiger partial charge on any atom is 0.244 e. The summed E-state index contributed by atoms with van der Waals surface area (Å²) in [7, 11) is 3.96. The van der Waals surface area contributed by atoms with Gasteiger partial charge in [-0.15, -0.1) is 11.3 Å². The first kappa shape index (κ1) is 22.5. The minimum Gasteiger partial charge on any atom is -0.378 e. The number of rotatable bonds is 7. The van der Waals surface area contributed by atoms with Gasteiger partial charge in [-0.1, -0.05) is 12.1 Å². The first-order valence-electron chi connectivity index (χ1n) is 11.3. The van der Waals surface area contributed by atoms with E-state index >= 15 is 0 Å². The van der Waals surface area contributed by atoms with Gasteiger partial charge < -0.3 is 19.9 Å². The molecule has 4 heterocycles. The number of aromatic amines is 1. The number of anilines is 1. The van der Waals surface area contributed by atoms with Crippen LogP contribution in [0.2, 0.25) is 0 Å². The van der Waals surface area contributed by atoms with Crippen LogP contribution in [-0.4, -0.2) is 84.5 Å². The van der Waals surface area contributed by atoms with Crippen LogP contribution in [0.3, 0.4) is 0 Å². The highest BCUT2D eigenvalue weighted by Gasteiger charge is 2.20. The molecule has 1 saturated heterocycles. The van der Waals surface area contributed by atoms with Crippen LogP contribution >= 0.6 is 11.3 Å². The molecule has 176 valence electrons. The summed E-state index contributed by atoms with van der Waals surface area (Å²) in [4.78, 5) is 27.4. The molecular formula is C24H27N7O2S. The average molecular weight is 478 g/mol. The number of fused-ring (bicyclic) bond motifs is 2. The Balaban J connectivity index is 1.51. The van der Waals surface area contributed by atoms with Gasteiger partial charge in [0.15, 0.2) is 11.6 Å². The number of hydrogen-bond donors (Lipinski definition) is 2. The molecule has 34 heavy (non-hydrogen) atoms. The molecule has 0 atom stereocenters. The lowest BCUT2D eigenvalue weighted by Crippen LogP contribution is -2.36. The zero-order valence-electron chi connectivity index (χ0n) is 19.2. The number of ether oxygens (including phenoxy) is 1. The first-order valence-corrected chi connectivity index (χ1v) is 12.1. The van der Waals surface area contributed by atoms with Gasteiger partial charge in [-0.2, -0.15) is 5.10 Å². The van der Waals surface area contributed by atoms with Crippen LogP contribution in [0.5, 0.6) is 0 Å². The molecule has 0 aliphatic carbocycles. The molecule has 1 aromatic carbocycles. The summed E-state index contributed by atoms with van der Waals surface area (Å²) in [5.41, 5.74) is 2.75. The van der Waals surface area contributed by atoms with Crippen molar-refractivity contribution in [3.05, 3.63) is 41.4 Å². The van der Waals surface area contributed by atoms with Gasteiger partial charge in [0.2, 0.25) is 5.91 Å². The highest BCUT2D eigenvalue weighted by Crippen LogP contribution is 2.36. The zero-order chi connectivity index (χ0) is 23.5. The number of thiophene rings is 1. The van der Waals surface area contributed by atoms with Crippen molar-refractivity contribution in [3.63, 3.8) is 0 Å². The van der Waals surface area contributed by atoms with Crippen molar-refractivity contribution >= 4 is 50.3 Å². The maximum absolute atomic E-state index is 12.2. The van der Waals surface area contributed by atoms with E-state index in [0.717, 1.165) is 57.0 Å². The summed E-state index contributed by atoms with van der Waals surface area (Å²) in [5, 5.41) is 11.1. The summed E-state index contributed by atoms with van der Waals surface area (Å²) in [5.74, 6) is 1.46. The normalized spacial score (nSPS) is 14.6. The Hall–Kier alpha value is -3.34. The number of aromatic nitrogens is 4. The lowest BCUT2D eigenvalue weighted by atomic mass is 10.1. The highest BCUT2D eigenvalue weighted by molar-refractivity contribution is 7.20. The molecule has 2 N–H and O–H groups in total. The molecule has 1 amide bonds. The van der Waals surface area contributed by atoms with Gasteiger partial charge >= 0.3 is 0 Å². The second-order valence-corrected chi connectivity index (χ2v) is 9.48. The van der Waals surface area contributed by atoms with Crippen molar-refractivity contribution in [2.75, 3.05) is 58.4 Å². The Morgan fingerprint density at radius 1 is 1.29 bits per heavy atom. The molecule has 3 aromatic heterocycles. The topological polar surface area (TPSA) is 99.3 Å². The SMILES string of the molecule is CN(C)CCNC(=O)/C=C/c1cc2nc(-c3cccc4[nH]ncc34)nc(N3CCOCC3)c2s1. The quantitative estimate of drug-likeness (QED) is 0.395. The third kappa shape index (κ3) is 4.79. The number of amides is 1. The predicted octanol–water partition coefficient (Wildman–Crippen LogP) is 2.76. The number of morpholine rings is 1. The third-order valence-electron chi connectivity index (χ3n) is 5.67. The molecule has 0 bridgehead atoms. The largest absolute Gasteiger partial charge is 0.378 e. The van der Waals surface area contributed by atoms with Crippen LogP contribution < -0.4 is 10.2 Å². The Bertz CT molecular complexity index is 1340. The molecule has 1 fully saturated rings. The molecular weight excluding hydrogens is 450 g/mol. The van der Waals surface area contributed by atoms with Crippen molar-refractivity contribution in [3.8, 4) is 11.4 Å². The smallest absolute Gasteiger partial charge is 0.244 e. The molecule has 0 unspecified atom stereocenters. The van der Waals surface area contributed by atoms with Gasteiger partial charge in [0.1, 0.15) is 0 Å². The number of hydrogen-bond acceptors (Lipinski definition) is 8. The number of carbonyl (C=O) groups is 1. The monoisotopic (exact) mass is 477 g/mol. The summed E-state index contributed by atoms with van der Waals surface area (Å²) in [6, 6.07) is 8.01. The van der Waals surface area contributed by atoms with Crippen LogP contribution in [0.1, 0.15) is 4.88 Å². The number of nitrogens with one attached hydrogen (secondary N) is 2. The molecule has 1 aliphatic heterocycles. The Labute approximate surface area is 201 Å². The molecule has 5 rings (SSSR count). The molecule has 4 aromatic rings. The summed E-state index contributed by atoms with van der Waals surface area (Å²) < 4.78 is 6.57. The van der Waals surface area contributed by atoms with Crippen molar-refractivity contribution in [1.29, 1.82) is 0 Å². The van der Waals surface area contributed by atoms with E-state index in [1.165, 1.54) is 0 Å². The Morgan fingerprint density at radius 2 is 2.15 bits per heavy atom. The van der Waals surface area contributed by atoms with E-state index < -0.39 is 0 Å². The fraction of sp³-hybridized carbons (Fsp3) is 0.333. The molecule has 0 saturated carbocycles. The second kappa shape index (κ2) is 9.88. The summed E-state index contributed by atoms with van der Waals surface area (Å²) in [6.07, 6.45) is 5.23. The van der Waals surface area contributed by atoms with Crippen molar-refractivity contribution < 1.29 is 9.53 Å². The van der Waals surface area contributed by atoms with Crippen LogP contribution in [-0.2, 0) is 9.53 Å². The fourth-order valence-electron chi connectivity index (χ4n) is 3.91. The molecule has 1 aliphatic rings. The lowest BCUT2D eigenvalue weighted by molar-refractivity contribution is -0.116. The number of carbonyl (C=O) groups excluding carboxylic acids is 1. The summed E-state index contributed by atoms with van der Waals surface area (Å²) >= 11 is 1.60. The molecule has 9 nitrogen and oxygen atoms in total. The van der Waals surface area contributed by atoms with Gasteiger partial charge in [-0.05, 0) is 32.3 Å². The van der Waals surface area contributed by atoms with Gasteiger partial charge in [0, 0.05) is 48.1 Å². The van der Waals surface area contributed by atoms with Gasteiger partial charge in [-0.3, -0.25) is 9.89 Å². The Kier molecular flexibility index (Phi) is 6.52. The highest BCUT2D eigenvalue weighted by atomic mass is 32.1. The Morgan fingerprint density at radius 3 is 2.97 bits per heavy atom. The van der Waals surface area contributed by atoms with Crippen LogP contribution in [0, 0.1) is 0 Å². The number of benzene rings is 1. The fourth-order valence-corrected chi connectivity index (χ4v) is 4.93. The third-order valence-corrected chi connectivity index (χ3v) is 6.75. The van der Waals surface area contributed by atoms with Crippen LogP contribution in [0.15, 0.2) is 36.5 Å². The van der Waals surface area contributed by atoms with Gasteiger partial charge in [-0.25, -0.2) is 9.97 Å². The van der Waals surface area contributed by atoms with Crippen LogP contribution in [0.4, 0.5) is 5.82 Å². The lowest BCUT2D eigenvalue weighted by Gasteiger charge is -2.28. The van der Waals surface area contributed by atoms with E-state index in [1.54, 1.807) is 17.4 Å². The zero-order valence-corrected chi connectivity index (χ0v) is 20.1. The number of H-pyrrole nitrogens is 1. The van der Waals surface area contributed by atoms with Crippen molar-refractivity contribution in [2.45, 2.75) is 0 Å². The minimum atomic E-state index is -0.105. The van der Waals surface area contributed by atoms with Gasteiger partial charge in [0.25, 0.3) is 0 Å². The number of likely N-dealkylation sites (N-methyl/N-ethyl adjacent to an activating group) is 1. The maximum atomic E-state index is 12.2. The van der Waals surface area contributed by atoms with Gasteiger partial charge in [0.05, 0.1) is 35.1 Å². The van der Waals surface area contributed by atoms with Crippen molar-refractivity contribution in [1.82, 2.24) is 30.4 Å². The van der Waals surface area contributed by atoms with E-state index in [0.29, 0.717) is 25.6 Å². The van der Waals surface area contributed by atoms with Crippen molar-refractivity contribution in [2.24, 2.45) is 0 Å². The van der Waals surface area contributed by atoms with E-state index in [-0.39, 0.29) is 5.91 Å². The predicted molar refractivity (Wildman–Crippen MR) is 136 cm³/mol. The van der Waals surface area contributed by atoms with E-state index in [4.69, 9.17) is 14.7 Å². The molecule has 0 radical (unpaired) electrons. The minimum absolute atomic E-state index is 0.105. The van der Waals surface area contributed by atoms with Crippen LogP contribution in [0.25, 0.3) is 38.6 Å². The average Bonchev–Trinajstić information content (AvgIpc) is 3.49. The second-order valence-electron chi connectivity index (χ2n) is 8.40.